The van der Waals surface area contributed by atoms with Crippen LogP contribution in [0.4, 0.5) is 4.39 Å². The average molecular weight is 217 g/mol. The summed E-state index contributed by atoms with van der Waals surface area (Å²) >= 11 is 0. The fourth-order valence-corrected chi connectivity index (χ4v) is 1.46. The van der Waals surface area contributed by atoms with Crippen molar-refractivity contribution in [2.45, 2.75) is 0 Å². The molecular weight excluding hydrogens is 205 g/mol. The van der Waals surface area contributed by atoms with E-state index in [1.165, 1.54) is 12.1 Å². The second kappa shape index (κ2) is 4.72. The highest BCUT2D eigenvalue weighted by molar-refractivity contribution is 5.71. The van der Waals surface area contributed by atoms with Crippen molar-refractivity contribution in [2.75, 3.05) is 6.54 Å². The van der Waals surface area contributed by atoms with Gasteiger partial charge in [0.1, 0.15) is 5.82 Å². The normalized spacial score (nSPS) is 11.1. The van der Waals surface area contributed by atoms with E-state index in [9.17, 15) is 4.39 Å². The predicted molar refractivity (Wildman–Crippen MR) is 62.1 cm³/mol. The molecular formula is C12H12FN3. The number of nitrogens with one attached hydrogen (secondary N) is 1. The highest BCUT2D eigenvalue weighted by atomic mass is 19.1. The zero-order valence-corrected chi connectivity index (χ0v) is 8.65. The Morgan fingerprint density at radius 3 is 2.75 bits per heavy atom. The monoisotopic (exact) mass is 217 g/mol. The van der Waals surface area contributed by atoms with Crippen molar-refractivity contribution in [3.63, 3.8) is 0 Å². The van der Waals surface area contributed by atoms with Crippen LogP contribution in [0.15, 0.2) is 36.5 Å². The van der Waals surface area contributed by atoms with Crippen molar-refractivity contribution in [1.82, 2.24) is 10.2 Å². The zero-order chi connectivity index (χ0) is 11.4. The number of H-pyrrole nitrogens is 1. The van der Waals surface area contributed by atoms with Gasteiger partial charge in [-0.15, -0.1) is 0 Å². The molecule has 0 saturated carbocycles. The standard InChI is InChI=1S/C12H12FN3/c13-11-5-3-9(4-6-11)12-10(2-1-7-14)8-15-16-12/h1-6,8H,7,14H2,(H,15,16)/b2-1+. The molecule has 0 atom stereocenters. The van der Waals surface area contributed by atoms with Gasteiger partial charge in [0.25, 0.3) is 0 Å². The smallest absolute Gasteiger partial charge is 0.123 e. The van der Waals surface area contributed by atoms with Crippen LogP contribution >= 0.6 is 0 Å². The van der Waals surface area contributed by atoms with E-state index in [4.69, 9.17) is 5.73 Å². The fraction of sp³-hybridized carbons (Fsp3) is 0.0833. The molecule has 1 heterocycles. The quantitative estimate of drug-likeness (QED) is 0.828. The van der Waals surface area contributed by atoms with Gasteiger partial charge in [0.15, 0.2) is 0 Å². The summed E-state index contributed by atoms with van der Waals surface area (Å²) in [5.41, 5.74) is 8.09. The minimum absolute atomic E-state index is 0.248. The summed E-state index contributed by atoms with van der Waals surface area (Å²) in [6, 6.07) is 6.27. The van der Waals surface area contributed by atoms with Gasteiger partial charge in [0, 0.05) is 17.7 Å². The Kier molecular flexibility index (Phi) is 3.12. The first-order valence-corrected chi connectivity index (χ1v) is 4.97. The van der Waals surface area contributed by atoms with Crippen LogP contribution in [0.5, 0.6) is 0 Å². The maximum absolute atomic E-state index is 12.8. The summed E-state index contributed by atoms with van der Waals surface area (Å²) in [5, 5.41) is 6.85. The maximum Gasteiger partial charge on any atom is 0.123 e. The number of rotatable bonds is 3. The van der Waals surface area contributed by atoms with Gasteiger partial charge >= 0.3 is 0 Å². The van der Waals surface area contributed by atoms with Crippen LogP contribution in [0.1, 0.15) is 5.56 Å². The summed E-state index contributed by atoms with van der Waals surface area (Å²) in [6.07, 6.45) is 5.45. The second-order valence-electron chi connectivity index (χ2n) is 3.35. The molecule has 2 aromatic rings. The number of hydrogen-bond acceptors (Lipinski definition) is 2. The summed E-state index contributed by atoms with van der Waals surface area (Å²) in [6.45, 7) is 0.480. The molecule has 0 bridgehead atoms. The summed E-state index contributed by atoms with van der Waals surface area (Å²) in [5.74, 6) is -0.248. The number of halogens is 1. The first-order chi connectivity index (χ1) is 7.81. The van der Waals surface area contributed by atoms with Gasteiger partial charge in [-0.3, -0.25) is 5.10 Å². The predicted octanol–water partition coefficient (Wildman–Crippen LogP) is 2.19. The molecule has 0 aliphatic rings. The van der Waals surface area contributed by atoms with Gasteiger partial charge in [0.2, 0.25) is 0 Å². The third kappa shape index (κ3) is 2.17. The SMILES string of the molecule is NC/C=C/c1cn[nH]c1-c1ccc(F)cc1. The largest absolute Gasteiger partial charge is 0.327 e. The fourth-order valence-electron chi connectivity index (χ4n) is 1.46. The van der Waals surface area contributed by atoms with Crippen LogP contribution in [0.25, 0.3) is 17.3 Å². The number of benzene rings is 1. The molecule has 3 nitrogen and oxygen atoms in total. The molecule has 3 N–H and O–H groups in total. The Labute approximate surface area is 92.8 Å². The van der Waals surface area contributed by atoms with Gasteiger partial charge in [-0.25, -0.2) is 4.39 Å². The molecule has 4 heteroatoms. The highest BCUT2D eigenvalue weighted by Gasteiger charge is 2.04. The molecule has 0 aliphatic carbocycles. The Bertz CT molecular complexity index is 485. The molecule has 16 heavy (non-hydrogen) atoms. The summed E-state index contributed by atoms with van der Waals surface area (Å²) in [7, 11) is 0. The van der Waals surface area contributed by atoms with Crippen LogP contribution in [0.3, 0.4) is 0 Å². The molecule has 0 amide bonds. The van der Waals surface area contributed by atoms with E-state index < -0.39 is 0 Å². The van der Waals surface area contributed by atoms with E-state index in [0.29, 0.717) is 6.54 Å². The van der Waals surface area contributed by atoms with Gasteiger partial charge in [0.05, 0.1) is 11.9 Å². The molecule has 82 valence electrons. The third-order valence-corrected chi connectivity index (χ3v) is 2.24. The summed E-state index contributed by atoms with van der Waals surface area (Å²) in [4.78, 5) is 0. The van der Waals surface area contributed by atoms with Gasteiger partial charge in [-0.1, -0.05) is 12.2 Å². The molecule has 0 fully saturated rings. The van der Waals surface area contributed by atoms with E-state index in [1.807, 2.05) is 12.2 Å². The van der Waals surface area contributed by atoms with Crippen LogP contribution in [-0.2, 0) is 0 Å². The Hall–Kier alpha value is -1.94. The van der Waals surface area contributed by atoms with Crippen molar-refractivity contribution < 1.29 is 4.39 Å². The van der Waals surface area contributed by atoms with Gasteiger partial charge in [-0.2, -0.15) is 5.10 Å². The lowest BCUT2D eigenvalue weighted by Crippen LogP contribution is -1.92. The Morgan fingerprint density at radius 1 is 1.31 bits per heavy atom. The molecule has 0 saturated heterocycles. The molecule has 1 aromatic heterocycles. The number of nitrogens with zero attached hydrogens (tertiary/aromatic N) is 1. The molecule has 0 spiro atoms. The molecule has 2 rings (SSSR count). The first-order valence-electron chi connectivity index (χ1n) is 4.97. The lowest BCUT2D eigenvalue weighted by molar-refractivity contribution is 0.628. The minimum atomic E-state index is -0.248. The lowest BCUT2D eigenvalue weighted by Gasteiger charge is -1.99. The van der Waals surface area contributed by atoms with Gasteiger partial charge in [-0.05, 0) is 24.3 Å². The molecule has 0 aliphatic heterocycles. The minimum Gasteiger partial charge on any atom is -0.327 e. The molecule has 1 aromatic carbocycles. The van der Waals surface area contributed by atoms with Crippen molar-refractivity contribution in [1.29, 1.82) is 0 Å². The van der Waals surface area contributed by atoms with Crippen molar-refractivity contribution in [3.8, 4) is 11.3 Å². The number of aromatic nitrogens is 2. The molecule has 0 radical (unpaired) electrons. The van der Waals surface area contributed by atoms with Crippen LogP contribution in [0, 0.1) is 5.82 Å². The first kappa shape index (κ1) is 10.6. The van der Waals surface area contributed by atoms with E-state index in [1.54, 1.807) is 18.3 Å². The number of nitrogens with two attached hydrogens (primary N) is 1. The summed E-state index contributed by atoms with van der Waals surface area (Å²) < 4.78 is 12.8. The molecule has 0 unspecified atom stereocenters. The Morgan fingerprint density at radius 2 is 2.06 bits per heavy atom. The second-order valence-corrected chi connectivity index (χ2v) is 3.35. The van der Waals surface area contributed by atoms with E-state index >= 15 is 0 Å². The van der Waals surface area contributed by atoms with Crippen molar-refractivity contribution >= 4 is 6.08 Å². The van der Waals surface area contributed by atoms with E-state index in [0.717, 1.165) is 16.8 Å². The number of hydrogen-bond donors (Lipinski definition) is 2. The topological polar surface area (TPSA) is 54.7 Å². The van der Waals surface area contributed by atoms with Crippen molar-refractivity contribution in [3.05, 3.63) is 47.9 Å². The highest BCUT2D eigenvalue weighted by Crippen LogP contribution is 2.22. The zero-order valence-electron chi connectivity index (χ0n) is 8.65. The van der Waals surface area contributed by atoms with Crippen molar-refractivity contribution in [2.24, 2.45) is 5.73 Å². The van der Waals surface area contributed by atoms with Crippen LogP contribution in [0.2, 0.25) is 0 Å². The van der Waals surface area contributed by atoms with Gasteiger partial charge < -0.3 is 5.73 Å². The lowest BCUT2D eigenvalue weighted by atomic mass is 10.1. The number of aromatic amines is 1. The average Bonchev–Trinajstić information content (AvgIpc) is 2.75. The van der Waals surface area contributed by atoms with Crippen LogP contribution in [-0.4, -0.2) is 16.7 Å². The maximum atomic E-state index is 12.8. The van der Waals surface area contributed by atoms with E-state index in [2.05, 4.69) is 10.2 Å². The van der Waals surface area contributed by atoms with E-state index in [-0.39, 0.29) is 5.82 Å². The van der Waals surface area contributed by atoms with Crippen LogP contribution < -0.4 is 5.73 Å². The third-order valence-electron chi connectivity index (χ3n) is 2.24. The Balaban J connectivity index is 2.36.